The number of hydrogen-bond donors (Lipinski definition) is 2. The van der Waals surface area contributed by atoms with Crippen molar-refractivity contribution in [1.82, 2.24) is 15.5 Å². The van der Waals surface area contributed by atoms with Crippen molar-refractivity contribution in [2.45, 2.75) is 38.9 Å². The molecule has 1 aliphatic rings. The molecule has 0 spiro atoms. The van der Waals surface area contributed by atoms with Gasteiger partial charge in [0.25, 0.3) is 0 Å². The van der Waals surface area contributed by atoms with Gasteiger partial charge in [-0.2, -0.15) is 0 Å². The van der Waals surface area contributed by atoms with Gasteiger partial charge in [0.2, 0.25) is 5.89 Å². The summed E-state index contributed by atoms with van der Waals surface area (Å²) in [6, 6.07) is 9.00. The smallest absolute Gasteiger partial charge is 0.316 e. The fraction of sp³-hybridized carbons (Fsp3) is 0.467. The van der Waals surface area contributed by atoms with E-state index in [1.807, 2.05) is 18.2 Å². The highest BCUT2D eigenvalue weighted by atomic mass is 16.5. The molecule has 21 heavy (non-hydrogen) atoms. The van der Waals surface area contributed by atoms with Gasteiger partial charge in [-0.15, -0.1) is 5.10 Å². The van der Waals surface area contributed by atoms with Crippen LogP contribution in [-0.2, 0) is 6.54 Å². The summed E-state index contributed by atoms with van der Waals surface area (Å²) in [6.07, 6.45) is 0.874. The second-order valence-corrected chi connectivity index (χ2v) is 5.41. The Kier molecular flexibility index (Phi) is 4.06. The summed E-state index contributed by atoms with van der Waals surface area (Å²) in [7, 11) is 0. The number of fused-ring (bicyclic) bond motifs is 1. The molecule has 0 radical (unpaired) electrons. The van der Waals surface area contributed by atoms with Crippen LogP contribution in [0.5, 0.6) is 5.75 Å². The lowest BCUT2D eigenvalue weighted by Crippen LogP contribution is -2.22. The van der Waals surface area contributed by atoms with Gasteiger partial charge in [-0.3, -0.25) is 0 Å². The molecule has 0 saturated carbocycles. The lowest BCUT2D eigenvalue weighted by atomic mass is 10.0. The Morgan fingerprint density at radius 3 is 3.00 bits per heavy atom. The summed E-state index contributed by atoms with van der Waals surface area (Å²) in [5, 5.41) is 14.6. The summed E-state index contributed by atoms with van der Waals surface area (Å²) >= 11 is 0. The Morgan fingerprint density at radius 1 is 1.29 bits per heavy atom. The molecule has 6 nitrogen and oxygen atoms in total. The van der Waals surface area contributed by atoms with E-state index in [1.54, 1.807) is 0 Å². The van der Waals surface area contributed by atoms with Crippen molar-refractivity contribution in [2.75, 3.05) is 11.9 Å². The summed E-state index contributed by atoms with van der Waals surface area (Å²) in [5.41, 5.74) is 1.13. The quantitative estimate of drug-likeness (QED) is 0.880. The number of hydrogen-bond acceptors (Lipinski definition) is 6. The number of para-hydroxylation sites is 1. The molecule has 1 atom stereocenters. The van der Waals surface area contributed by atoms with Gasteiger partial charge in [-0.05, 0) is 6.07 Å². The zero-order valence-corrected chi connectivity index (χ0v) is 12.3. The molecule has 3 rings (SSSR count). The molecule has 1 aromatic carbocycles. The number of ether oxygens (including phenoxy) is 1. The largest absolute Gasteiger partial charge is 0.493 e. The van der Waals surface area contributed by atoms with E-state index < -0.39 is 0 Å². The van der Waals surface area contributed by atoms with E-state index in [0.717, 1.165) is 17.7 Å². The van der Waals surface area contributed by atoms with Crippen LogP contribution >= 0.6 is 0 Å². The van der Waals surface area contributed by atoms with Crippen LogP contribution in [0.4, 0.5) is 6.01 Å². The summed E-state index contributed by atoms with van der Waals surface area (Å²) in [5.74, 6) is 1.51. The summed E-state index contributed by atoms with van der Waals surface area (Å²) in [6.45, 7) is 5.42. The van der Waals surface area contributed by atoms with E-state index in [4.69, 9.17) is 9.15 Å². The van der Waals surface area contributed by atoms with E-state index in [0.29, 0.717) is 31.1 Å². The topological polar surface area (TPSA) is 72.2 Å². The number of rotatable bonds is 5. The maximum absolute atomic E-state index is 5.64. The lowest BCUT2D eigenvalue weighted by molar-refractivity contribution is 0.273. The molecule has 0 saturated heterocycles. The fourth-order valence-electron chi connectivity index (χ4n) is 2.32. The highest BCUT2D eigenvalue weighted by Gasteiger charge is 2.22. The normalized spacial score (nSPS) is 17.4. The second-order valence-electron chi connectivity index (χ2n) is 5.41. The molecule has 0 fully saturated rings. The van der Waals surface area contributed by atoms with E-state index in [2.05, 4.69) is 40.7 Å². The van der Waals surface area contributed by atoms with Crippen LogP contribution in [-0.4, -0.2) is 22.8 Å². The van der Waals surface area contributed by atoms with E-state index in [1.165, 1.54) is 0 Å². The monoisotopic (exact) mass is 288 g/mol. The minimum Gasteiger partial charge on any atom is -0.493 e. The zero-order valence-electron chi connectivity index (χ0n) is 12.3. The zero-order chi connectivity index (χ0) is 14.7. The van der Waals surface area contributed by atoms with Crippen molar-refractivity contribution in [2.24, 2.45) is 0 Å². The molecular weight excluding hydrogens is 268 g/mol. The van der Waals surface area contributed by atoms with Crippen LogP contribution in [0.3, 0.4) is 0 Å². The Bertz CT molecular complexity index is 597. The molecule has 2 aromatic rings. The average Bonchev–Trinajstić information content (AvgIpc) is 2.93. The Labute approximate surface area is 123 Å². The predicted octanol–water partition coefficient (Wildman–Crippen LogP) is 2.50. The van der Waals surface area contributed by atoms with Gasteiger partial charge in [-0.1, -0.05) is 37.1 Å². The number of nitrogens with zero attached hydrogens (tertiary/aromatic N) is 2. The molecule has 0 bridgehead atoms. The third kappa shape index (κ3) is 3.33. The molecule has 2 N–H and O–H groups in total. The van der Waals surface area contributed by atoms with Crippen molar-refractivity contribution in [3.05, 3.63) is 35.7 Å². The van der Waals surface area contributed by atoms with Gasteiger partial charge in [0.15, 0.2) is 0 Å². The van der Waals surface area contributed by atoms with Crippen LogP contribution in [0.1, 0.15) is 37.8 Å². The Morgan fingerprint density at radius 2 is 2.14 bits per heavy atom. The first-order chi connectivity index (χ1) is 10.2. The molecule has 1 aromatic heterocycles. The third-order valence-electron chi connectivity index (χ3n) is 3.38. The van der Waals surface area contributed by atoms with Gasteiger partial charge in [0.05, 0.1) is 19.2 Å². The predicted molar refractivity (Wildman–Crippen MR) is 79.2 cm³/mol. The third-order valence-corrected chi connectivity index (χ3v) is 3.38. The number of nitrogens with one attached hydrogen (secondary N) is 2. The molecule has 1 unspecified atom stereocenters. The Hall–Kier alpha value is -2.08. The first-order valence-corrected chi connectivity index (χ1v) is 7.26. The number of anilines is 1. The molecule has 0 amide bonds. The molecular formula is C15H20N4O2. The SMILES string of the molecule is CC(C)NCc1nnc(NC2CCOc3ccccc32)o1. The first-order valence-electron chi connectivity index (χ1n) is 7.26. The van der Waals surface area contributed by atoms with Crippen molar-refractivity contribution in [3.63, 3.8) is 0 Å². The maximum Gasteiger partial charge on any atom is 0.316 e. The van der Waals surface area contributed by atoms with Gasteiger partial charge in [-0.25, -0.2) is 0 Å². The van der Waals surface area contributed by atoms with Crippen LogP contribution in [0.25, 0.3) is 0 Å². The number of aromatic nitrogens is 2. The molecule has 0 aliphatic carbocycles. The molecule has 1 aliphatic heterocycles. The van der Waals surface area contributed by atoms with Crippen molar-refractivity contribution in [3.8, 4) is 5.75 Å². The fourth-order valence-corrected chi connectivity index (χ4v) is 2.32. The lowest BCUT2D eigenvalue weighted by Gasteiger charge is -2.25. The van der Waals surface area contributed by atoms with Gasteiger partial charge in [0.1, 0.15) is 5.75 Å². The van der Waals surface area contributed by atoms with E-state index in [-0.39, 0.29) is 6.04 Å². The van der Waals surface area contributed by atoms with Crippen LogP contribution in [0.2, 0.25) is 0 Å². The van der Waals surface area contributed by atoms with Crippen molar-refractivity contribution < 1.29 is 9.15 Å². The first kappa shape index (κ1) is 13.9. The van der Waals surface area contributed by atoms with E-state index in [9.17, 15) is 0 Å². The van der Waals surface area contributed by atoms with E-state index >= 15 is 0 Å². The minimum absolute atomic E-state index is 0.140. The highest BCUT2D eigenvalue weighted by Crippen LogP contribution is 2.33. The maximum atomic E-state index is 5.64. The van der Waals surface area contributed by atoms with Gasteiger partial charge in [0, 0.05) is 18.0 Å². The van der Waals surface area contributed by atoms with Crippen LogP contribution < -0.4 is 15.4 Å². The summed E-state index contributed by atoms with van der Waals surface area (Å²) in [4.78, 5) is 0. The van der Waals surface area contributed by atoms with Crippen LogP contribution in [0.15, 0.2) is 28.7 Å². The number of benzene rings is 1. The second kappa shape index (κ2) is 6.13. The summed E-state index contributed by atoms with van der Waals surface area (Å²) < 4.78 is 11.3. The molecule has 6 heteroatoms. The Balaban J connectivity index is 1.67. The average molecular weight is 288 g/mol. The van der Waals surface area contributed by atoms with Crippen molar-refractivity contribution in [1.29, 1.82) is 0 Å². The molecule has 2 heterocycles. The molecule has 112 valence electrons. The van der Waals surface area contributed by atoms with Gasteiger partial charge >= 0.3 is 6.01 Å². The highest BCUT2D eigenvalue weighted by molar-refractivity contribution is 5.41. The van der Waals surface area contributed by atoms with Crippen LogP contribution in [0, 0.1) is 0 Å². The minimum atomic E-state index is 0.140. The standard InChI is InChI=1S/C15H20N4O2/c1-10(2)16-9-14-18-19-15(21-14)17-12-7-8-20-13-6-4-3-5-11(12)13/h3-6,10,12,16H,7-9H2,1-2H3,(H,17,19). The van der Waals surface area contributed by atoms with Gasteiger partial charge < -0.3 is 19.8 Å². The van der Waals surface area contributed by atoms with Crippen molar-refractivity contribution >= 4 is 6.01 Å².